The first-order valence-electron chi connectivity index (χ1n) is 8.58. The summed E-state index contributed by atoms with van der Waals surface area (Å²) in [4.78, 5) is 19.4. The molecule has 0 amide bonds. The van der Waals surface area contributed by atoms with Crippen LogP contribution in [-0.2, 0) is 0 Å². The third-order valence-corrected chi connectivity index (χ3v) is 4.59. The van der Waals surface area contributed by atoms with Crippen molar-refractivity contribution in [2.45, 2.75) is 6.92 Å². The highest BCUT2D eigenvalue weighted by Gasteiger charge is 2.14. The maximum atomic E-state index is 11.2. The van der Waals surface area contributed by atoms with Crippen LogP contribution in [0.2, 0.25) is 5.02 Å². The molecule has 2 aromatic carbocycles. The number of aryl methyl sites for hydroxylation is 1. The van der Waals surface area contributed by atoms with E-state index in [1.807, 2.05) is 12.4 Å². The smallest absolute Gasteiger partial charge is 0.336 e. The topological polar surface area (TPSA) is 77.2 Å². The molecular weight excluding hydrogens is 390 g/mol. The van der Waals surface area contributed by atoms with Gasteiger partial charge < -0.3 is 9.84 Å². The Balaban J connectivity index is 0.000000286. The molecule has 2 aliphatic rings. The molecule has 142 valence electrons. The molecule has 2 heterocycles. The second-order valence-electron chi connectivity index (χ2n) is 6.34. The first kappa shape index (κ1) is 18.5. The zero-order valence-corrected chi connectivity index (χ0v) is 16.0. The molecule has 0 bridgehead atoms. The van der Waals surface area contributed by atoms with Gasteiger partial charge in [0.25, 0.3) is 0 Å². The summed E-state index contributed by atoms with van der Waals surface area (Å²) >= 11 is 5.97. The van der Waals surface area contributed by atoms with E-state index in [1.165, 1.54) is 21.8 Å². The van der Waals surface area contributed by atoms with Gasteiger partial charge in [-0.3, -0.25) is 4.98 Å². The van der Waals surface area contributed by atoms with E-state index < -0.39 is 5.97 Å². The van der Waals surface area contributed by atoms with E-state index in [1.54, 1.807) is 37.3 Å². The molecule has 6 nitrogen and oxygen atoms in total. The van der Waals surface area contributed by atoms with E-state index in [2.05, 4.69) is 22.1 Å². The summed E-state index contributed by atoms with van der Waals surface area (Å²) in [6, 6.07) is 14.6. The van der Waals surface area contributed by atoms with E-state index in [4.69, 9.17) is 22.8 Å². The third-order valence-electron chi connectivity index (χ3n) is 4.35. The Bertz CT molecular complexity index is 1290. The number of nitrogens with zero attached hydrogens (tertiary/aromatic N) is 3. The lowest BCUT2D eigenvalue weighted by atomic mass is 10.1. The Hall–Kier alpha value is -3.82. The summed E-state index contributed by atoms with van der Waals surface area (Å²) in [5.74, 6) is -0.684. The predicted molar refractivity (Wildman–Crippen MR) is 110 cm³/mol. The van der Waals surface area contributed by atoms with Crippen LogP contribution >= 0.6 is 11.6 Å². The van der Waals surface area contributed by atoms with Gasteiger partial charge in [0.1, 0.15) is 5.75 Å². The highest BCUT2D eigenvalue weighted by molar-refractivity contribution is 6.31. The fourth-order valence-electron chi connectivity index (χ4n) is 2.77. The van der Waals surface area contributed by atoms with Gasteiger partial charge in [0.05, 0.1) is 16.6 Å². The lowest BCUT2D eigenvalue weighted by molar-refractivity contribution is 0.0695. The molecule has 0 fully saturated rings. The molecule has 3 aromatic rings. The summed E-state index contributed by atoms with van der Waals surface area (Å²) in [5, 5.41) is 9.71. The van der Waals surface area contributed by atoms with E-state index in [-0.39, 0.29) is 11.6 Å². The number of aromatic carboxylic acids is 1. The number of carboxylic acids is 1. The van der Waals surface area contributed by atoms with Crippen molar-refractivity contribution in [1.82, 2.24) is 14.5 Å². The van der Waals surface area contributed by atoms with Gasteiger partial charge in [-0.25, -0.2) is 9.36 Å². The Morgan fingerprint density at radius 2 is 1.93 bits per heavy atom. The molecule has 1 N–H and O–H groups in total. The Morgan fingerprint density at radius 1 is 1.17 bits per heavy atom. The number of imidazole rings is 1. The maximum Gasteiger partial charge on any atom is 0.336 e. The van der Waals surface area contributed by atoms with Gasteiger partial charge in [-0.1, -0.05) is 24.1 Å². The first-order chi connectivity index (χ1) is 14.0. The Morgan fingerprint density at radius 3 is 2.52 bits per heavy atom. The van der Waals surface area contributed by atoms with Gasteiger partial charge in [0.15, 0.2) is 0 Å². The minimum atomic E-state index is -1.02. The highest BCUT2D eigenvalue weighted by atomic mass is 35.5. The third kappa shape index (κ3) is 3.77. The van der Waals surface area contributed by atoms with E-state index >= 15 is 0 Å². The zero-order valence-electron chi connectivity index (χ0n) is 15.3. The predicted octanol–water partition coefficient (Wildman–Crippen LogP) is 4.99. The molecule has 7 heteroatoms. The van der Waals surface area contributed by atoms with Crippen LogP contribution in [0.15, 0.2) is 54.9 Å². The SMILES string of the molecule is C#Cn1c(Oc2ccc(C)c(C(=O)O)c2)nc2ccc(Cl)cc21.c1ncc2cc1-2. The summed E-state index contributed by atoms with van der Waals surface area (Å²) in [6.07, 6.45) is 9.26. The standard InChI is InChI=1S/C17H11ClN2O3.C5H3N/c1-3-20-15-8-11(18)5-7-14(15)19-17(20)23-12-6-4-10(2)13(9-12)16(21)22;1-4-2-6-3-5(1)4/h1,4-9H,2H3,(H,21,22);1-3H. The number of hydrogen-bond acceptors (Lipinski definition) is 4. The number of halogens is 1. The second kappa shape index (κ2) is 7.30. The number of aromatic nitrogens is 3. The number of pyridine rings is 1. The average Bonchev–Trinajstić information content (AvgIpc) is 3.14. The maximum absolute atomic E-state index is 11.2. The number of ether oxygens (including phenoxy) is 1. The molecule has 1 aliphatic heterocycles. The van der Waals surface area contributed by atoms with Crippen molar-refractivity contribution < 1.29 is 14.6 Å². The quantitative estimate of drug-likeness (QED) is 0.429. The lowest BCUT2D eigenvalue weighted by Crippen LogP contribution is -2.01. The molecular formula is C22H14ClN3O3. The lowest BCUT2D eigenvalue weighted by Gasteiger charge is -2.07. The normalized spacial score (nSPS) is 10.7. The molecule has 5 rings (SSSR count). The fourth-order valence-corrected chi connectivity index (χ4v) is 2.94. The number of carboxylic acid groups (broad SMARTS) is 1. The molecule has 0 saturated heterocycles. The van der Waals surface area contributed by atoms with Crippen molar-refractivity contribution in [3.8, 4) is 35.4 Å². The van der Waals surface area contributed by atoms with Crippen LogP contribution in [0.4, 0.5) is 0 Å². The van der Waals surface area contributed by atoms with Crippen molar-refractivity contribution >= 4 is 28.6 Å². The molecule has 0 spiro atoms. The molecule has 0 unspecified atom stereocenters. The van der Waals surface area contributed by atoms with Gasteiger partial charge in [0.2, 0.25) is 0 Å². The fraction of sp³-hybridized carbons (Fsp3) is 0.0455. The van der Waals surface area contributed by atoms with Crippen molar-refractivity contribution in [1.29, 1.82) is 0 Å². The second-order valence-corrected chi connectivity index (χ2v) is 6.77. The van der Waals surface area contributed by atoms with Gasteiger partial charge in [-0.2, -0.15) is 4.98 Å². The summed E-state index contributed by atoms with van der Waals surface area (Å²) in [5.41, 5.74) is 4.70. The van der Waals surface area contributed by atoms with Gasteiger partial charge >= 0.3 is 12.0 Å². The van der Waals surface area contributed by atoms with Gasteiger partial charge in [-0.05, 0) is 48.9 Å². The number of carbonyl (C=O) groups is 1. The van der Waals surface area contributed by atoms with Crippen molar-refractivity contribution in [3.63, 3.8) is 0 Å². The number of fused-ring (bicyclic) bond motifs is 2. The molecule has 0 radical (unpaired) electrons. The summed E-state index contributed by atoms with van der Waals surface area (Å²) in [7, 11) is 0. The molecule has 0 atom stereocenters. The van der Waals surface area contributed by atoms with Crippen molar-refractivity contribution in [2.75, 3.05) is 0 Å². The van der Waals surface area contributed by atoms with Crippen molar-refractivity contribution in [2.24, 2.45) is 0 Å². The monoisotopic (exact) mass is 403 g/mol. The molecule has 0 saturated carbocycles. The molecule has 1 aromatic heterocycles. The van der Waals surface area contributed by atoms with Crippen molar-refractivity contribution in [3.05, 3.63) is 71.0 Å². The van der Waals surface area contributed by atoms with E-state index in [9.17, 15) is 9.90 Å². The number of hydrogen-bond donors (Lipinski definition) is 1. The van der Waals surface area contributed by atoms with Gasteiger partial charge in [0, 0.05) is 34.6 Å². The van der Waals surface area contributed by atoms with E-state index in [0.29, 0.717) is 27.4 Å². The minimum Gasteiger partial charge on any atom is -0.478 e. The molecule has 1 aliphatic carbocycles. The van der Waals surface area contributed by atoms with Crippen LogP contribution in [0, 0.1) is 19.4 Å². The number of terminal acetylenes is 1. The van der Waals surface area contributed by atoms with Crippen LogP contribution in [0.25, 0.3) is 22.2 Å². The number of rotatable bonds is 3. The number of benzene rings is 2. The molecule has 29 heavy (non-hydrogen) atoms. The van der Waals surface area contributed by atoms with Crippen LogP contribution < -0.4 is 4.74 Å². The average molecular weight is 404 g/mol. The minimum absolute atomic E-state index is 0.161. The summed E-state index contributed by atoms with van der Waals surface area (Å²) in [6.45, 7) is 1.71. The first-order valence-corrected chi connectivity index (χ1v) is 8.96. The van der Waals surface area contributed by atoms with Crippen LogP contribution in [0.5, 0.6) is 11.8 Å². The zero-order chi connectivity index (χ0) is 20.5. The Kier molecular flexibility index (Phi) is 4.67. The van der Waals surface area contributed by atoms with Crippen LogP contribution in [0.1, 0.15) is 15.9 Å². The summed E-state index contributed by atoms with van der Waals surface area (Å²) < 4.78 is 7.09. The largest absolute Gasteiger partial charge is 0.478 e. The van der Waals surface area contributed by atoms with Gasteiger partial charge in [-0.15, -0.1) is 0 Å². The Labute approximate surface area is 171 Å². The highest BCUT2D eigenvalue weighted by Crippen LogP contribution is 2.31. The van der Waals surface area contributed by atoms with Crippen LogP contribution in [0.3, 0.4) is 0 Å². The van der Waals surface area contributed by atoms with E-state index in [0.717, 1.165) is 0 Å². The van der Waals surface area contributed by atoms with Crippen LogP contribution in [-0.4, -0.2) is 25.6 Å².